The lowest BCUT2D eigenvalue weighted by Crippen LogP contribution is -2.23. The Hall–Kier alpha value is -2.82. The fourth-order valence-corrected chi connectivity index (χ4v) is 3.09. The maximum atomic E-state index is 12.2. The number of nitrogens with one attached hydrogen (secondary N) is 1. The number of sulfonamides is 1. The summed E-state index contributed by atoms with van der Waals surface area (Å²) in [5.41, 5.74) is 2.38. The van der Waals surface area contributed by atoms with E-state index in [0.717, 1.165) is 10.5 Å². The Labute approximate surface area is 160 Å². The lowest BCUT2D eigenvalue weighted by Gasteiger charge is -2.11. The van der Waals surface area contributed by atoms with Gasteiger partial charge in [-0.05, 0) is 24.3 Å². The minimum atomic E-state index is -3.68. The second kappa shape index (κ2) is 8.25. The molecule has 0 saturated heterocycles. The third-order valence-electron chi connectivity index (χ3n) is 3.43. The molecule has 11 heteroatoms. The van der Waals surface area contributed by atoms with E-state index in [1.54, 1.807) is 0 Å². The zero-order valence-corrected chi connectivity index (χ0v) is 15.9. The van der Waals surface area contributed by atoms with Gasteiger partial charge >= 0.3 is 0 Å². The van der Waals surface area contributed by atoms with Gasteiger partial charge in [0.15, 0.2) is 0 Å². The summed E-state index contributed by atoms with van der Waals surface area (Å²) >= 11 is 5.94. The third kappa shape index (κ3) is 4.88. The minimum absolute atomic E-state index is 0.0362. The van der Waals surface area contributed by atoms with Crippen LogP contribution in [0.5, 0.6) is 0 Å². The van der Waals surface area contributed by atoms with Crippen LogP contribution in [0.25, 0.3) is 0 Å². The smallest absolute Gasteiger partial charge is 0.267 e. The van der Waals surface area contributed by atoms with Crippen LogP contribution in [0.1, 0.15) is 15.9 Å². The monoisotopic (exact) mass is 410 g/mol. The van der Waals surface area contributed by atoms with E-state index in [-0.39, 0.29) is 26.7 Å². The molecule has 2 rings (SSSR count). The normalized spacial score (nSPS) is 11.7. The van der Waals surface area contributed by atoms with Gasteiger partial charge in [-0.15, -0.1) is 0 Å². The highest BCUT2D eigenvalue weighted by Crippen LogP contribution is 2.20. The number of nitro groups is 1. The van der Waals surface area contributed by atoms with E-state index in [4.69, 9.17) is 11.6 Å². The molecule has 0 bridgehead atoms. The van der Waals surface area contributed by atoms with E-state index in [0.29, 0.717) is 0 Å². The number of hydrazone groups is 1. The number of nitro benzene ring substituents is 1. The molecule has 0 aliphatic carbocycles. The summed E-state index contributed by atoms with van der Waals surface area (Å²) < 4.78 is 25.3. The van der Waals surface area contributed by atoms with Crippen molar-refractivity contribution in [3.05, 3.63) is 68.7 Å². The predicted molar refractivity (Wildman–Crippen MR) is 100 cm³/mol. The predicted octanol–water partition coefficient (Wildman–Crippen LogP) is 2.26. The molecule has 27 heavy (non-hydrogen) atoms. The Morgan fingerprint density at radius 1 is 1.26 bits per heavy atom. The van der Waals surface area contributed by atoms with Crippen LogP contribution in [-0.4, -0.2) is 43.9 Å². The van der Waals surface area contributed by atoms with Crippen molar-refractivity contribution in [1.29, 1.82) is 0 Å². The van der Waals surface area contributed by atoms with Gasteiger partial charge in [0.1, 0.15) is 0 Å². The molecule has 0 aliphatic rings. The summed E-state index contributed by atoms with van der Waals surface area (Å²) in [4.78, 5) is 22.3. The van der Waals surface area contributed by atoms with Crippen molar-refractivity contribution in [1.82, 2.24) is 9.73 Å². The lowest BCUT2D eigenvalue weighted by molar-refractivity contribution is -0.384. The largest absolute Gasteiger partial charge is 0.271 e. The first kappa shape index (κ1) is 20.5. The average Bonchev–Trinajstić information content (AvgIpc) is 2.62. The number of rotatable bonds is 6. The Kier molecular flexibility index (Phi) is 6.26. The maximum absolute atomic E-state index is 12.2. The molecule has 0 fully saturated rings. The Balaban J connectivity index is 2.18. The fourth-order valence-electron chi connectivity index (χ4n) is 1.98. The highest BCUT2D eigenvalue weighted by atomic mass is 35.5. The summed E-state index contributed by atoms with van der Waals surface area (Å²) in [5.74, 6) is -0.649. The molecule has 0 spiro atoms. The molecule has 142 valence electrons. The summed E-state index contributed by atoms with van der Waals surface area (Å²) in [6, 6.07) is 9.26. The van der Waals surface area contributed by atoms with Crippen LogP contribution in [0, 0.1) is 10.1 Å². The number of carbonyl (C=O) groups is 1. The lowest BCUT2D eigenvalue weighted by atomic mass is 10.2. The quantitative estimate of drug-likeness (QED) is 0.444. The fraction of sp³-hybridized carbons (Fsp3) is 0.125. The van der Waals surface area contributed by atoms with Crippen LogP contribution in [0.4, 0.5) is 5.69 Å². The van der Waals surface area contributed by atoms with Crippen LogP contribution < -0.4 is 5.43 Å². The van der Waals surface area contributed by atoms with Crippen LogP contribution in [-0.2, 0) is 10.0 Å². The van der Waals surface area contributed by atoms with E-state index >= 15 is 0 Å². The first-order valence-corrected chi connectivity index (χ1v) is 9.24. The SMILES string of the molecule is CN(C)S(=O)(=O)c1cccc(C(=O)N/N=C\c2cc([N+](=O)[O-])ccc2Cl)c1. The molecule has 9 nitrogen and oxygen atoms in total. The van der Waals surface area contributed by atoms with Gasteiger partial charge in [-0.1, -0.05) is 17.7 Å². The first-order chi connectivity index (χ1) is 12.6. The van der Waals surface area contributed by atoms with Gasteiger partial charge < -0.3 is 0 Å². The Bertz CT molecular complexity index is 1020. The van der Waals surface area contributed by atoms with Crippen molar-refractivity contribution in [3.8, 4) is 0 Å². The molecule has 0 radical (unpaired) electrons. The number of carbonyl (C=O) groups excluding carboxylic acids is 1. The molecule has 0 aromatic heterocycles. The van der Waals surface area contributed by atoms with E-state index in [2.05, 4.69) is 10.5 Å². The van der Waals surface area contributed by atoms with Gasteiger partial charge in [-0.2, -0.15) is 5.10 Å². The van der Waals surface area contributed by atoms with E-state index in [9.17, 15) is 23.3 Å². The molecule has 2 aromatic carbocycles. The highest BCUT2D eigenvalue weighted by Gasteiger charge is 2.18. The van der Waals surface area contributed by atoms with Gasteiger partial charge in [0.05, 0.1) is 16.0 Å². The van der Waals surface area contributed by atoms with Crippen molar-refractivity contribution in [3.63, 3.8) is 0 Å². The zero-order chi connectivity index (χ0) is 20.2. The van der Waals surface area contributed by atoms with Crippen LogP contribution in [0.2, 0.25) is 5.02 Å². The van der Waals surface area contributed by atoms with E-state index in [1.165, 1.54) is 56.6 Å². The Morgan fingerprint density at radius 3 is 2.59 bits per heavy atom. The summed E-state index contributed by atoms with van der Waals surface area (Å²) in [6.07, 6.45) is 1.16. The van der Waals surface area contributed by atoms with Crippen molar-refractivity contribution in [2.75, 3.05) is 14.1 Å². The minimum Gasteiger partial charge on any atom is -0.267 e. The molecular formula is C16H15ClN4O5S. The molecule has 0 unspecified atom stereocenters. The molecule has 0 atom stereocenters. The topological polar surface area (TPSA) is 122 Å². The number of hydrogen-bond donors (Lipinski definition) is 1. The first-order valence-electron chi connectivity index (χ1n) is 7.43. The van der Waals surface area contributed by atoms with Crippen molar-refractivity contribution in [2.45, 2.75) is 4.90 Å². The standard InChI is InChI=1S/C16H15ClN4O5S/c1-20(2)27(25,26)14-5-3-4-11(9-14)16(22)19-18-10-12-8-13(21(23)24)6-7-15(12)17/h3-10H,1-2H3,(H,19,22)/b18-10-. The second-order valence-electron chi connectivity index (χ2n) is 5.48. The van der Waals surface area contributed by atoms with Gasteiger partial charge in [0.25, 0.3) is 11.6 Å². The number of hydrogen-bond acceptors (Lipinski definition) is 6. The maximum Gasteiger partial charge on any atom is 0.271 e. The van der Waals surface area contributed by atoms with Crippen LogP contribution >= 0.6 is 11.6 Å². The van der Waals surface area contributed by atoms with Crippen LogP contribution in [0.3, 0.4) is 0 Å². The van der Waals surface area contributed by atoms with Crippen molar-refractivity contribution in [2.24, 2.45) is 5.10 Å². The van der Waals surface area contributed by atoms with Gasteiger partial charge in [0.2, 0.25) is 10.0 Å². The van der Waals surface area contributed by atoms with Crippen LogP contribution in [0.15, 0.2) is 52.5 Å². The molecule has 1 N–H and O–H groups in total. The molecular weight excluding hydrogens is 396 g/mol. The number of nitrogens with zero attached hydrogens (tertiary/aromatic N) is 3. The summed E-state index contributed by atoms with van der Waals surface area (Å²) in [7, 11) is -0.913. The van der Waals surface area contributed by atoms with Crippen molar-refractivity contribution >= 4 is 39.4 Å². The number of benzene rings is 2. The Morgan fingerprint density at radius 2 is 1.96 bits per heavy atom. The summed E-state index contributed by atoms with van der Waals surface area (Å²) in [5, 5.41) is 14.7. The average molecular weight is 411 g/mol. The van der Waals surface area contributed by atoms with Crippen molar-refractivity contribution < 1.29 is 18.1 Å². The molecule has 0 saturated carbocycles. The zero-order valence-electron chi connectivity index (χ0n) is 14.3. The second-order valence-corrected chi connectivity index (χ2v) is 8.04. The third-order valence-corrected chi connectivity index (χ3v) is 5.59. The summed E-state index contributed by atoms with van der Waals surface area (Å²) in [6.45, 7) is 0. The number of non-ortho nitro benzene ring substituents is 1. The van der Waals surface area contributed by atoms with Gasteiger partial charge in [-0.3, -0.25) is 14.9 Å². The molecule has 0 heterocycles. The van der Waals surface area contributed by atoms with Gasteiger partial charge in [0, 0.05) is 42.4 Å². The molecule has 0 aliphatic heterocycles. The van der Waals surface area contributed by atoms with E-state index < -0.39 is 20.9 Å². The van der Waals surface area contributed by atoms with E-state index in [1.807, 2.05) is 0 Å². The van der Waals surface area contributed by atoms with Gasteiger partial charge in [-0.25, -0.2) is 18.1 Å². The molecule has 1 amide bonds. The number of amides is 1. The molecule has 2 aromatic rings. The number of halogens is 1. The highest BCUT2D eigenvalue weighted by molar-refractivity contribution is 7.89.